The summed E-state index contributed by atoms with van der Waals surface area (Å²) >= 11 is 1.45. The van der Waals surface area contributed by atoms with Crippen molar-refractivity contribution in [1.82, 2.24) is 15.5 Å². The minimum Gasteiger partial charge on any atom is -0.383 e. The standard InChI is InChI=1S/C15H25F3N4OS.HI/c1-4-19-13(20-7-8-22(3)11-15(16,17)18)21-10-14(2,23)12-6-5-9-24-12;/h5-6,9,23H,4,7-8,10-11H2,1-3H3,(H2,19,20,21);1H. The van der Waals surface area contributed by atoms with Crippen molar-refractivity contribution in [2.75, 3.05) is 39.8 Å². The lowest BCUT2D eigenvalue weighted by Crippen LogP contribution is -2.43. The summed E-state index contributed by atoms with van der Waals surface area (Å²) in [7, 11) is 1.42. The number of guanidine groups is 1. The van der Waals surface area contributed by atoms with Crippen molar-refractivity contribution >= 4 is 41.3 Å². The van der Waals surface area contributed by atoms with Crippen LogP contribution in [0.1, 0.15) is 18.7 Å². The Hall–Kier alpha value is -0.590. The zero-order valence-electron chi connectivity index (χ0n) is 14.6. The molecule has 1 unspecified atom stereocenters. The number of likely N-dealkylation sites (N-methyl/N-ethyl adjacent to an activating group) is 1. The quantitative estimate of drug-likeness (QED) is 0.296. The molecule has 0 spiro atoms. The first kappa shape index (κ1) is 24.4. The zero-order valence-corrected chi connectivity index (χ0v) is 17.7. The van der Waals surface area contributed by atoms with Gasteiger partial charge in [-0.1, -0.05) is 6.07 Å². The average Bonchev–Trinajstić information content (AvgIpc) is 2.97. The number of aliphatic imine (C=N–C) groups is 1. The molecule has 1 aromatic heterocycles. The van der Waals surface area contributed by atoms with Crippen molar-refractivity contribution in [1.29, 1.82) is 0 Å². The van der Waals surface area contributed by atoms with Gasteiger partial charge < -0.3 is 15.7 Å². The first-order valence-electron chi connectivity index (χ1n) is 7.68. The molecule has 0 bridgehead atoms. The maximum absolute atomic E-state index is 12.3. The summed E-state index contributed by atoms with van der Waals surface area (Å²) in [6.07, 6.45) is -4.20. The number of thiophene rings is 1. The van der Waals surface area contributed by atoms with Gasteiger partial charge in [-0.15, -0.1) is 35.3 Å². The normalized spacial score (nSPS) is 14.8. The Kier molecular flexibility index (Phi) is 10.9. The van der Waals surface area contributed by atoms with Crippen molar-refractivity contribution in [3.05, 3.63) is 22.4 Å². The summed E-state index contributed by atoms with van der Waals surface area (Å²) < 4.78 is 36.8. The highest BCUT2D eigenvalue weighted by Crippen LogP contribution is 2.25. The molecule has 25 heavy (non-hydrogen) atoms. The first-order chi connectivity index (χ1) is 11.1. The van der Waals surface area contributed by atoms with Crippen LogP contribution in [0.2, 0.25) is 0 Å². The van der Waals surface area contributed by atoms with Crippen LogP contribution in [0.25, 0.3) is 0 Å². The van der Waals surface area contributed by atoms with Crippen LogP contribution in [0.15, 0.2) is 22.5 Å². The first-order valence-corrected chi connectivity index (χ1v) is 8.56. The highest BCUT2D eigenvalue weighted by molar-refractivity contribution is 14.0. The van der Waals surface area contributed by atoms with Crippen molar-refractivity contribution in [2.45, 2.75) is 25.6 Å². The Morgan fingerprint density at radius 3 is 2.56 bits per heavy atom. The van der Waals surface area contributed by atoms with Crippen molar-refractivity contribution in [2.24, 2.45) is 4.99 Å². The van der Waals surface area contributed by atoms with Crippen LogP contribution < -0.4 is 10.6 Å². The molecule has 10 heteroatoms. The summed E-state index contributed by atoms with van der Waals surface area (Å²) in [4.78, 5) is 6.33. The fourth-order valence-corrected chi connectivity index (χ4v) is 2.77. The van der Waals surface area contributed by atoms with Gasteiger partial charge in [0.25, 0.3) is 0 Å². The zero-order chi connectivity index (χ0) is 18.2. The topological polar surface area (TPSA) is 59.9 Å². The Balaban J connectivity index is 0.00000576. The van der Waals surface area contributed by atoms with Crippen LogP contribution in [0, 0.1) is 0 Å². The van der Waals surface area contributed by atoms with Gasteiger partial charge in [-0.05, 0) is 32.3 Å². The van der Waals surface area contributed by atoms with Gasteiger partial charge in [0.1, 0.15) is 5.60 Å². The van der Waals surface area contributed by atoms with Crippen LogP contribution in [0.3, 0.4) is 0 Å². The lowest BCUT2D eigenvalue weighted by Gasteiger charge is -2.22. The van der Waals surface area contributed by atoms with Crippen LogP contribution in [0.5, 0.6) is 0 Å². The molecular formula is C15H26F3IN4OS. The molecule has 1 heterocycles. The molecule has 0 aromatic carbocycles. The number of alkyl halides is 3. The van der Waals surface area contributed by atoms with Crippen LogP contribution in [-0.2, 0) is 5.60 Å². The molecule has 0 aliphatic carbocycles. The molecule has 146 valence electrons. The lowest BCUT2D eigenvalue weighted by molar-refractivity contribution is -0.142. The van der Waals surface area contributed by atoms with Crippen LogP contribution in [0.4, 0.5) is 13.2 Å². The molecule has 5 nitrogen and oxygen atoms in total. The minimum absolute atomic E-state index is 0. The molecule has 0 saturated heterocycles. The number of hydrogen-bond donors (Lipinski definition) is 3. The van der Waals surface area contributed by atoms with Gasteiger partial charge in [0.05, 0.1) is 13.1 Å². The molecule has 0 aliphatic rings. The second-order valence-corrected chi connectivity index (χ2v) is 6.67. The number of rotatable bonds is 8. The number of nitrogens with one attached hydrogen (secondary N) is 2. The lowest BCUT2D eigenvalue weighted by atomic mass is 10.1. The van der Waals surface area contributed by atoms with E-state index in [0.29, 0.717) is 19.0 Å². The van der Waals surface area contributed by atoms with Gasteiger partial charge >= 0.3 is 6.18 Å². The summed E-state index contributed by atoms with van der Waals surface area (Å²) in [5.41, 5.74) is -1.08. The fourth-order valence-electron chi connectivity index (χ4n) is 1.99. The molecule has 3 N–H and O–H groups in total. The number of nitrogens with zero attached hydrogens (tertiary/aromatic N) is 2. The molecule has 1 aromatic rings. The van der Waals surface area contributed by atoms with Gasteiger partial charge in [-0.3, -0.25) is 4.90 Å². The van der Waals surface area contributed by atoms with Crippen LogP contribution >= 0.6 is 35.3 Å². The molecule has 0 radical (unpaired) electrons. The Bertz CT molecular complexity index is 509. The highest BCUT2D eigenvalue weighted by Gasteiger charge is 2.29. The Morgan fingerprint density at radius 1 is 1.36 bits per heavy atom. The van der Waals surface area contributed by atoms with E-state index >= 15 is 0 Å². The minimum atomic E-state index is -4.20. The van der Waals surface area contributed by atoms with Crippen molar-refractivity contribution in [3.63, 3.8) is 0 Å². The van der Waals surface area contributed by atoms with Gasteiger partial charge in [0.2, 0.25) is 0 Å². The monoisotopic (exact) mass is 494 g/mol. The third-order valence-electron chi connectivity index (χ3n) is 3.18. The molecule has 0 fully saturated rings. The summed E-state index contributed by atoms with van der Waals surface area (Å²) in [5, 5.41) is 18.3. The highest BCUT2D eigenvalue weighted by atomic mass is 127. The van der Waals surface area contributed by atoms with Crippen molar-refractivity contribution in [3.8, 4) is 0 Å². The molecule has 0 saturated carbocycles. The molecule has 0 aliphatic heterocycles. The smallest absolute Gasteiger partial charge is 0.383 e. The number of aliphatic hydroxyl groups is 1. The maximum Gasteiger partial charge on any atom is 0.401 e. The van der Waals surface area contributed by atoms with Gasteiger partial charge in [0.15, 0.2) is 5.96 Å². The van der Waals surface area contributed by atoms with E-state index in [2.05, 4.69) is 15.6 Å². The second-order valence-electron chi connectivity index (χ2n) is 5.73. The van der Waals surface area contributed by atoms with Gasteiger partial charge in [0, 0.05) is 24.5 Å². The summed E-state index contributed by atoms with van der Waals surface area (Å²) in [6.45, 7) is 3.94. The van der Waals surface area contributed by atoms with E-state index in [0.717, 1.165) is 4.88 Å². The third kappa shape index (κ3) is 10.2. The van der Waals surface area contributed by atoms with Crippen molar-refractivity contribution < 1.29 is 18.3 Å². The van der Waals surface area contributed by atoms with E-state index in [1.165, 1.54) is 23.3 Å². The van der Waals surface area contributed by atoms with E-state index in [4.69, 9.17) is 0 Å². The average molecular weight is 494 g/mol. The van der Waals surface area contributed by atoms with Crippen LogP contribution in [-0.4, -0.2) is 61.9 Å². The van der Waals surface area contributed by atoms with E-state index < -0.39 is 18.3 Å². The number of hydrogen-bond acceptors (Lipinski definition) is 4. The van der Waals surface area contributed by atoms with E-state index in [-0.39, 0.29) is 37.1 Å². The second kappa shape index (κ2) is 11.2. The van der Waals surface area contributed by atoms with Gasteiger partial charge in [-0.2, -0.15) is 13.2 Å². The van der Waals surface area contributed by atoms with E-state index in [1.807, 2.05) is 24.4 Å². The molecular weight excluding hydrogens is 468 g/mol. The Labute approximate surface area is 167 Å². The maximum atomic E-state index is 12.3. The predicted molar refractivity (Wildman–Crippen MR) is 107 cm³/mol. The largest absolute Gasteiger partial charge is 0.401 e. The molecule has 1 rings (SSSR count). The number of halogens is 4. The van der Waals surface area contributed by atoms with Gasteiger partial charge in [-0.25, -0.2) is 4.99 Å². The SMILES string of the molecule is CCNC(=NCC(C)(O)c1cccs1)NCCN(C)CC(F)(F)F.I. The molecule has 1 atom stereocenters. The Morgan fingerprint density at radius 2 is 2.04 bits per heavy atom. The van der Waals surface area contributed by atoms with E-state index in [1.54, 1.807) is 6.92 Å². The summed E-state index contributed by atoms with van der Waals surface area (Å²) in [5.74, 6) is 0.467. The fraction of sp³-hybridized carbons (Fsp3) is 0.667. The molecule has 0 amide bonds. The van der Waals surface area contributed by atoms with E-state index in [9.17, 15) is 18.3 Å². The summed E-state index contributed by atoms with van der Waals surface area (Å²) in [6, 6.07) is 3.70. The predicted octanol–water partition coefficient (Wildman–Crippen LogP) is 2.62. The third-order valence-corrected chi connectivity index (χ3v) is 4.30.